The lowest BCUT2D eigenvalue weighted by atomic mass is 10.4. The van der Waals surface area contributed by atoms with Gasteiger partial charge in [-0.05, 0) is 11.5 Å². The fraction of sp³-hybridized carbons (Fsp3) is 0.800. The van der Waals surface area contributed by atoms with Gasteiger partial charge in [-0.15, -0.1) is 0 Å². The van der Waals surface area contributed by atoms with Gasteiger partial charge in [0.25, 0.3) is 0 Å². The molecule has 92 valence electrons. The second-order valence-electron chi connectivity index (χ2n) is 3.37. The monoisotopic (exact) mass is 294 g/mol. The second kappa shape index (κ2) is 7.74. The van der Waals surface area contributed by atoms with E-state index in [1.807, 2.05) is 0 Å². The van der Waals surface area contributed by atoms with Crippen molar-refractivity contribution in [1.29, 1.82) is 0 Å². The van der Waals surface area contributed by atoms with Crippen molar-refractivity contribution in [3.05, 3.63) is 0 Å². The van der Waals surface area contributed by atoms with Crippen molar-refractivity contribution < 1.29 is 0 Å². The molecule has 0 N–H and O–H groups in total. The fourth-order valence-electron chi connectivity index (χ4n) is 1.50. The van der Waals surface area contributed by atoms with Crippen LogP contribution in [0.5, 0.6) is 0 Å². The van der Waals surface area contributed by atoms with Crippen LogP contribution < -0.4 is 0 Å². The van der Waals surface area contributed by atoms with Crippen LogP contribution in [0.2, 0.25) is 0 Å². The van der Waals surface area contributed by atoms with E-state index < -0.39 is 0 Å². The van der Waals surface area contributed by atoms with Gasteiger partial charge in [-0.25, -0.2) is 0 Å². The average Bonchev–Trinajstić information content (AvgIpc) is 2.30. The third-order valence-corrected chi connectivity index (χ3v) is 5.14. The minimum absolute atomic E-state index is 1.01. The van der Waals surface area contributed by atoms with E-state index in [1.165, 1.54) is 0 Å². The zero-order valence-corrected chi connectivity index (χ0v) is 13.0. The Balaban J connectivity index is 2.33. The van der Waals surface area contributed by atoms with Gasteiger partial charge in [-0.3, -0.25) is 0 Å². The van der Waals surface area contributed by atoms with Gasteiger partial charge in [0, 0.05) is 26.2 Å². The Bertz CT molecular complexity index is 223. The summed E-state index contributed by atoms with van der Waals surface area (Å²) in [6.07, 6.45) is 0. The molecule has 0 unspecified atom stereocenters. The standard InChI is InChI=1S/C10H18N2S4/c1-3-15-9(13)11-5-7-12(8-6-11)10(14)16-4-2/h3-8H2,1-2H3. The third kappa shape index (κ3) is 4.39. The Morgan fingerprint density at radius 2 is 1.19 bits per heavy atom. The molecule has 1 aliphatic heterocycles. The molecule has 1 heterocycles. The van der Waals surface area contributed by atoms with Crippen molar-refractivity contribution in [3.8, 4) is 0 Å². The Labute approximate surface area is 118 Å². The van der Waals surface area contributed by atoms with Crippen LogP contribution in [0.1, 0.15) is 13.8 Å². The molecule has 0 saturated carbocycles. The molecular formula is C10H18N2S4. The number of rotatable bonds is 2. The summed E-state index contributed by atoms with van der Waals surface area (Å²) >= 11 is 14.2. The zero-order chi connectivity index (χ0) is 12.0. The van der Waals surface area contributed by atoms with E-state index in [1.54, 1.807) is 23.5 Å². The summed E-state index contributed by atoms with van der Waals surface area (Å²) in [6, 6.07) is 0. The molecule has 0 aromatic carbocycles. The SMILES string of the molecule is CCSC(=S)N1CCN(C(=S)SCC)CC1. The lowest BCUT2D eigenvalue weighted by Crippen LogP contribution is -2.48. The van der Waals surface area contributed by atoms with E-state index in [2.05, 4.69) is 23.6 Å². The van der Waals surface area contributed by atoms with Crippen molar-refractivity contribution in [2.75, 3.05) is 37.7 Å². The summed E-state index contributed by atoms with van der Waals surface area (Å²) in [5, 5.41) is 0. The number of thiocarbonyl (C=S) groups is 2. The molecule has 1 rings (SSSR count). The molecule has 6 heteroatoms. The molecule has 1 saturated heterocycles. The number of nitrogens with zero attached hydrogens (tertiary/aromatic N) is 2. The highest BCUT2D eigenvalue weighted by atomic mass is 32.2. The van der Waals surface area contributed by atoms with E-state index >= 15 is 0 Å². The van der Waals surface area contributed by atoms with E-state index in [0.29, 0.717) is 0 Å². The smallest absolute Gasteiger partial charge is 0.136 e. The quantitative estimate of drug-likeness (QED) is 0.717. The zero-order valence-electron chi connectivity index (χ0n) is 9.77. The van der Waals surface area contributed by atoms with Gasteiger partial charge in [-0.2, -0.15) is 0 Å². The summed E-state index contributed by atoms with van der Waals surface area (Å²) in [4.78, 5) is 4.58. The van der Waals surface area contributed by atoms with E-state index in [0.717, 1.165) is 46.3 Å². The lowest BCUT2D eigenvalue weighted by molar-refractivity contribution is 0.271. The average molecular weight is 295 g/mol. The van der Waals surface area contributed by atoms with Crippen molar-refractivity contribution >= 4 is 56.6 Å². The molecule has 1 aliphatic rings. The third-order valence-electron chi connectivity index (χ3n) is 2.33. The number of thioether (sulfide) groups is 2. The molecule has 0 radical (unpaired) electrons. The molecule has 0 atom stereocenters. The van der Waals surface area contributed by atoms with Crippen LogP contribution in [0.25, 0.3) is 0 Å². The van der Waals surface area contributed by atoms with Gasteiger partial charge in [0.1, 0.15) is 8.64 Å². The first-order valence-electron chi connectivity index (χ1n) is 5.52. The van der Waals surface area contributed by atoms with Crippen LogP contribution in [0.3, 0.4) is 0 Å². The summed E-state index contributed by atoms with van der Waals surface area (Å²) in [5.74, 6) is 2.12. The minimum atomic E-state index is 1.01. The maximum absolute atomic E-state index is 5.36. The molecule has 16 heavy (non-hydrogen) atoms. The highest BCUT2D eigenvalue weighted by Crippen LogP contribution is 2.15. The van der Waals surface area contributed by atoms with Gasteiger partial charge in [0.05, 0.1) is 0 Å². The Kier molecular flexibility index (Phi) is 7.03. The predicted octanol–water partition coefficient (Wildman–Crippen LogP) is 2.68. The van der Waals surface area contributed by atoms with Crippen LogP contribution in [0.15, 0.2) is 0 Å². The highest BCUT2D eigenvalue weighted by molar-refractivity contribution is 8.23. The van der Waals surface area contributed by atoms with Crippen molar-refractivity contribution in [3.63, 3.8) is 0 Å². The van der Waals surface area contributed by atoms with Crippen LogP contribution in [0.4, 0.5) is 0 Å². The summed E-state index contributed by atoms with van der Waals surface area (Å²) in [5.41, 5.74) is 0. The topological polar surface area (TPSA) is 6.48 Å². The Hall–Kier alpha value is 0.480. The van der Waals surface area contributed by atoms with Gasteiger partial charge in [-0.1, -0.05) is 61.8 Å². The van der Waals surface area contributed by atoms with Crippen LogP contribution in [0, 0.1) is 0 Å². The predicted molar refractivity (Wildman–Crippen MR) is 84.6 cm³/mol. The second-order valence-corrected chi connectivity index (χ2v) is 7.17. The lowest BCUT2D eigenvalue weighted by Gasteiger charge is -2.36. The van der Waals surface area contributed by atoms with Crippen molar-refractivity contribution in [2.24, 2.45) is 0 Å². The summed E-state index contributed by atoms with van der Waals surface area (Å²) < 4.78 is 2.08. The fourth-order valence-corrected chi connectivity index (χ4v) is 3.80. The van der Waals surface area contributed by atoms with Gasteiger partial charge in [0.2, 0.25) is 0 Å². The molecule has 0 aliphatic carbocycles. The molecule has 0 bridgehead atoms. The maximum Gasteiger partial charge on any atom is 0.136 e. The number of hydrogen-bond acceptors (Lipinski definition) is 4. The Morgan fingerprint density at radius 1 is 0.875 bits per heavy atom. The first-order chi connectivity index (χ1) is 7.69. The maximum atomic E-state index is 5.36. The molecule has 2 nitrogen and oxygen atoms in total. The molecule has 0 amide bonds. The van der Waals surface area contributed by atoms with Crippen molar-refractivity contribution in [1.82, 2.24) is 9.80 Å². The van der Waals surface area contributed by atoms with Crippen LogP contribution in [-0.4, -0.2) is 56.1 Å². The highest BCUT2D eigenvalue weighted by Gasteiger charge is 2.20. The number of piperazine rings is 1. The van der Waals surface area contributed by atoms with Gasteiger partial charge < -0.3 is 9.80 Å². The minimum Gasteiger partial charge on any atom is -0.354 e. The molecule has 1 fully saturated rings. The van der Waals surface area contributed by atoms with E-state index in [-0.39, 0.29) is 0 Å². The summed E-state index contributed by atoms with van der Waals surface area (Å²) in [7, 11) is 0. The first kappa shape index (κ1) is 14.5. The van der Waals surface area contributed by atoms with E-state index in [9.17, 15) is 0 Å². The first-order valence-corrected chi connectivity index (χ1v) is 8.31. The molecule has 0 aromatic rings. The number of hydrogen-bond donors (Lipinski definition) is 0. The largest absolute Gasteiger partial charge is 0.354 e. The molecular weight excluding hydrogens is 276 g/mol. The van der Waals surface area contributed by atoms with E-state index in [4.69, 9.17) is 24.4 Å². The summed E-state index contributed by atoms with van der Waals surface area (Å²) in [6.45, 7) is 8.32. The normalized spacial score (nSPS) is 16.4. The van der Waals surface area contributed by atoms with Crippen LogP contribution in [-0.2, 0) is 0 Å². The van der Waals surface area contributed by atoms with Gasteiger partial charge in [0.15, 0.2) is 0 Å². The van der Waals surface area contributed by atoms with Gasteiger partial charge >= 0.3 is 0 Å². The molecule has 0 aromatic heterocycles. The molecule has 0 spiro atoms. The Morgan fingerprint density at radius 3 is 1.44 bits per heavy atom. The van der Waals surface area contributed by atoms with Crippen molar-refractivity contribution in [2.45, 2.75) is 13.8 Å². The van der Waals surface area contributed by atoms with Crippen LogP contribution >= 0.6 is 48.0 Å².